The smallest absolute Gasteiger partial charge is 0.309 e. The average molecular weight is 731 g/mol. The number of ether oxygens (including phenoxy) is 2. The van der Waals surface area contributed by atoms with Crippen LogP contribution < -0.4 is 9.64 Å². The highest BCUT2D eigenvalue weighted by atomic mass is 16.6. The van der Waals surface area contributed by atoms with Gasteiger partial charge in [-0.1, -0.05) is 48.5 Å². The van der Waals surface area contributed by atoms with Crippen LogP contribution in [0, 0.1) is 10.1 Å². The number of esters is 1. The van der Waals surface area contributed by atoms with Crippen molar-refractivity contribution >= 4 is 51.3 Å². The predicted molar refractivity (Wildman–Crippen MR) is 207 cm³/mol. The lowest BCUT2D eigenvalue weighted by atomic mass is 9.73. The number of ketones is 1. The SMILES string of the molecule is CCOC(=O)CC1(C)/C(=C\C=C\C2=[N+](CCC(=O)O)c3ccc4ccccc4c3C2(C)CC(C)=O)N(CCOc2ccccc2)c2ccc([N+](=O)[O-])cc21. The summed E-state index contributed by atoms with van der Waals surface area (Å²) in [6.07, 6.45) is 5.66. The molecule has 11 heteroatoms. The number of carboxylic acids is 1. The summed E-state index contributed by atoms with van der Waals surface area (Å²) in [5, 5.41) is 23.7. The monoisotopic (exact) mass is 730 g/mol. The topological polar surface area (TPSA) is 139 Å². The molecule has 2 heterocycles. The average Bonchev–Trinajstić information content (AvgIpc) is 3.50. The lowest BCUT2D eigenvalue weighted by molar-refractivity contribution is -0.436. The Bertz CT molecular complexity index is 2230. The van der Waals surface area contributed by atoms with Crippen LogP contribution in [-0.4, -0.2) is 64.3 Å². The lowest BCUT2D eigenvalue weighted by Crippen LogP contribution is -2.34. The Morgan fingerprint density at radius 3 is 2.41 bits per heavy atom. The Kier molecular flexibility index (Phi) is 10.8. The molecule has 2 atom stereocenters. The van der Waals surface area contributed by atoms with Gasteiger partial charge in [-0.2, -0.15) is 4.58 Å². The third kappa shape index (κ3) is 7.26. The molecular formula is C43H44N3O8+. The normalized spacial score (nSPS) is 19.7. The van der Waals surface area contributed by atoms with E-state index in [4.69, 9.17) is 9.47 Å². The van der Waals surface area contributed by atoms with Gasteiger partial charge in [0.1, 0.15) is 24.6 Å². The van der Waals surface area contributed by atoms with Crippen molar-refractivity contribution in [2.45, 2.75) is 57.8 Å². The van der Waals surface area contributed by atoms with E-state index in [1.165, 1.54) is 12.1 Å². The molecule has 0 aromatic heterocycles. The molecule has 0 radical (unpaired) electrons. The maximum absolute atomic E-state index is 13.2. The molecule has 11 nitrogen and oxygen atoms in total. The summed E-state index contributed by atoms with van der Waals surface area (Å²) >= 11 is 0. The van der Waals surface area contributed by atoms with Crippen molar-refractivity contribution in [1.82, 2.24) is 0 Å². The first-order valence-corrected chi connectivity index (χ1v) is 18.0. The summed E-state index contributed by atoms with van der Waals surface area (Å²) in [7, 11) is 0. The standard InChI is InChI=1S/C43H43N3O8/c1-5-53-40(50)28-42(3)34-26-31(46(51)52)19-21-35(34)45(24-25-54-32-13-7-6-8-14-32)37(42)16-11-17-38-43(4,27-29(2)47)41-33-15-10-9-12-30(33)18-20-36(41)44(38)23-22-39(48)49/h6-21,26H,5,22-25,27-28H2,1-4H3/p+1. The number of anilines is 1. The van der Waals surface area contributed by atoms with Gasteiger partial charge in [0.15, 0.2) is 12.3 Å². The number of non-ortho nitro benzene ring substituents is 1. The van der Waals surface area contributed by atoms with E-state index in [2.05, 4.69) is 0 Å². The molecule has 0 spiro atoms. The van der Waals surface area contributed by atoms with Crippen molar-refractivity contribution < 1.29 is 38.5 Å². The van der Waals surface area contributed by atoms with Crippen molar-refractivity contribution in [3.63, 3.8) is 0 Å². The fourth-order valence-electron chi connectivity index (χ4n) is 8.10. The minimum atomic E-state index is -1.03. The summed E-state index contributed by atoms with van der Waals surface area (Å²) in [6, 6.07) is 26.0. The van der Waals surface area contributed by atoms with Gasteiger partial charge >= 0.3 is 11.9 Å². The second-order valence-electron chi connectivity index (χ2n) is 14.1. The Morgan fingerprint density at radius 1 is 0.963 bits per heavy atom. The van der Waals surface area contributed by atoms with Crippen LogP contribution in [0.1, 0.15) is 58.1 Å². The minimum Gasteiger partial charge on any atom is -0.492 e. The van der Waals surface area contributed by atoms with Gasteiger partial charge in [-0.3, -0.25) is 24.5 Å². The molecule has 6 rings (SSSR count). The zero-order valence-corrected chi connectivity index (χ0v) is 30.9. The second-order valence-corrected chi connectivity index (χ2v) is 14.1. The fourth-order valence-corrected chi connectivity index (χ4v) is 8.10. The molecule has 2 aliphatic rings. The molecule has 4 aromatic rings. The van der Waals surface area contributed by atoms with Crippen LogP contribution in [0.4, 0.5) is 17.1 Å². The molecule has 0 amide bonds. The number of hydrogen-bond donors (Lipinski definition) is 1. The van der Waals surface area contributed by atoms with Crippen molar-refractivity contribution in [1.29, 1.82) is 0 Å². The van der Waals surface area contributed by atoms with E-state index in [1.54, 1.807) is 19.9 Å². The molecule has 278 valence electrons. The van der Waals surface area contributed by atoms with E-state index < -0.39 is 27.7 Å². The third-order valence-electron chi connectivity index (χ3n) is 10.3. The van der Waals surface area contributed by atoms with Crippen molar-refractivity contribution in [2.75, 3.05) is 31.2 Å². The number of carboxylic acid groups (broad SMARTS) is 1. The van der Waals surface area contributed by atoms with E-state index in [0.29, 0.717) is 29.2 Å². The van der Waals surface area contributed by atoms with Gasteiger partial charge in [-0.15, -0.1) is 0 Å². The Balaban J connectivity index is 1.50. The molecule has 2 aliphatic heterocycles. The van der Waals surface area contributed by atoms with Crippen molar-refractivity contribution in [2.24, 2.45) is 0 Å². The number of Topliss-reactive ketones (excluding diaryl/α,β-unsaturated/α-hetero) is 1. The number of carbonyl (C=O) groups is 3. The van der Waals surface area contributed by atoms with Crippen LogP contribution in [0.25, 0.3) is 10.8 Å². The van der Waals surface area contributed by atoms with Crippen LogP contribution in [0.15, 0.2) is 109 Å². The van der Waals surface area contributed by atoms with Crippen LogP contribution in [0.5, 0.6) is 5.75 Å². The third-order valence-corrected chi connectivity index (χ3v) is 10.3. The first-order chi connectivity index (χ1) is 25.9. The highest BCUT2D eigenvalue weighted by molar-refractivity contribution is 6.10. The quantitative estimate of drug-likeness (QED) is 0.0562. The number of nitrogens with zero attached hydrogens (tertiary/aromatic N) is 3. The fraction of sp³-hybridized carbons (Fsp3) is 0.302. The number of rotatable bonds is 15. The first-order valence-electron chi connectivity index (χ1n) is 18.0. The number of hydrogen-bond acceptors (Lipinski definition) is 8. The number of fused-ring (bicyclic) bond motifs is 4. The van der Waals surface area contributed by atoms with Gasteiger partial charge in [0, 0.05) is 53.1 Å². The maximum Gasteiger partial charge on any atom is 0.309 e. The maximum atomic E-state index is 13.2. The van der Waals surface area contributed by atoms with E-state index in [-0.39, 0.29) is 50.5 Å². The van der Waals surface area contributed by atoms with Gasteiger partial charge in [-0.05, 0) is 74.4 Å². The molecule has 2 unspecified atom stereocenters. The molecule has 4 aromatic carbocycles. The van der Waals surface area contributed by atoms with E-state index in [0.717, 1.165) is 27.7 Å². The number of allylic oxidation sites excluding steroid dienone is 4. The van der Waals surface area contributed by atoms with Crippen molar-refractivity contribution in [3.8, 4) is 5.75 Å². The molecule has 0 aliphatic carbocycles. The van der Waals surface area contributed by atoms with Crippen LogP contribution >= 0.6 is 0 Å². The molecule has 0 fully saturated rings. The number of benzene rings is 4. The zero-order chi connectivity index (χ0) is 38.6. The summed E-state index contributed by atoms with van der Waals surface area (Å²) in [5.74, 6) is -0.712. The number of carbonyl (C=O) groups excluding carboxylic acids is 2. The molecule has 0 saturated heterocycles. The number of para-hydroxylation sites is 1. The second kappa shape index (κ2) is 15.5. The Labute approximate surface area is 314 Å². The van der Waals surface area contributed by atoms with E-state index in [9.17, 15) is 29.6 Å². The highest BCUT2D eigenvalue weighted by Gasteiger charge is 2.50. The molecule has 0 saturated carbocycles. The molecule has 0 bridgehead atoms. The largest absolute Gasteiger partial charge is 0.492 e. The minimum absolute atomic E-state index is 0.0137. The van der Waals surface area contributed by atoms with E-state index in [1.807, 2.05) is 108 Å². The zero-order valence-electron chi connectivity index (χ0n) is 30.9. The van der Waals surface area contributed by atoms with Gasteiger partial charge in [-0.25, -0.2) is 0 Å². The number of nitro benzene ring substituents is 1. The highest BCUT2D eigenvalue weighted by Crippen LogP contribution is 2.51. The van der Waals surface area contributed by atoms with E-state index >= 15 is 0 Å². The van der Waals surface area contributed by atoms with Gasteiger partial charge in [0.05, 0.1) is 29.9 Å². The number of aliphatic carboxylic acids is 1. The number of nitro groups is 1. The summed E-state index contributed by atoms with van der Waals surface area (Å²) in [6.45, 7) is 8.19. The molecule has 54 heavy (non-hydrogen) atoms. The Morgan fingerprint density at radius 2 is 1.70 bits per heavy atom. The van der Waals surface area contributed by atoms with Crippen LogP contribution in [-0.2, 0) is 30.0 Å². The summed E-state index contributed by atoms with van der Waals surface area (Å²) in [4.78, 5) is 51.6. The van der Waals surface area contributed by atoms with Crippen molar-refractivity contribution in [3.05, 3.63) is 130 Å². The summed E-state index contributed by atoms with van der Waals surface area (Å²) in [5.41, 5.74) is 2.66. The van der Waals surface area contributed by atoms with Gasteiger partial charge in [0.2, 0.25) is 5.69 Å². The van der Waals surface area contributed by atoms with Crippen LogP contribution in [0.3, 0.4) is 0 Å². The van der Waals surface area contributed by atoms with Gasteiger partial charge < -0.3 is 19.5 Å². The first kappa shape index (κ1) is 37.7. The Hall–Kier alpha value is -6.10. The summed E-state index contributed by atoms with van der Waals surface area (Å²) < 4.78 is 13.5. The van der Waals surface area contributed by atoms with Crippen LogP contribution in [0.2, 0.25) is 0 Å². The lowest BCUT2D eigenvalue weighted by Gasteiger charge is -2.29. The molecule has 1 N–H and O–H groups in total. The predicted octanol–water partition coefficient (Wildman–Crippen LogP) is 7.81. The van der Waals surface area contributed by atoms with Gasteiger partial charge in [0.25, 0.3) is 5.69 Å². The molecular weight excluding hydrogens is 686 g/mol.